The first kappa shape index (κ1) is 13.4. The second-order valence-electron chi connectivity index (χ2n) is 4.42. The van der Waals surface area contributed by atoms with Gasteiger partial charge in [-0.15, -0.1) is 0 Å². The van der Waals surface area contributed by atoms with Crippen LogP contribution in [-0.4, -0.2) is 22.7 Å². The molecule has 2 N–H and O–H groups in total. The number of pyridine rings is 1. The number of aromatic nitrogens is 1. The Kier molecular flexibility index (Phi) is 3.68. The number of halogens is 4. The molecule has 0 unspecified atom stereocenters. The van der Waals surface area contributed by atoms with Crippen molar-refractivity contribution in [2.75, 3.05) is 11.9 Å². The summed E-state index contributed by atoms with van der Waals surface area (Å²) < 4.78 is 37.1. The van der Waals surface area contributed by atoms with E-state index in [-0.39, 0.29) is 16.9 Å². The van der Waals surface area contributed by atoms with Gasteiger partial charge >= 0.3 is 6.18 Å². The SMILES string of the molecule is OC1CC(CNc2ncc(C(F)(F)F)cc2Cl)C1. The van der Waals surface area contributed by atoms with Crippen molar-refractivity contribution >= 4 is 17.4 Å². The van der Waals surface area contributed by atoms with Gasteiger partial charge in [0.25, 0.3) is 0 Å². The minimum atomic E-state index is -4.44. The highest BCUT2D eigenvalue weighted by molar-refractivity contribution is 6.32. The molecule has 0 spiro atoms. The normalized spacial score (nSPS) is 23.6. The first-order chi connectivity index (χ1) is 8.36. The van der Waals surface area contributed by atoms with Crippen molar-refractivity contribution in [3.05, 3.63) is 22.8 Å². The zero-order valence-corrected chi connectivity index (χ0v) is 10.1. The molecule has 18 heavy (non-hydrogen) atoms. The van der Waals surface area contributed by atoms with Gasteiger partial charge in [0, 0.05) is 12.7 Å². The minimum Gasteiger partial charge on any atom is -0.393 e. The Hall–Kier alpha value is -1.01. The lowest BCUT2D eigenvalue weighted by molar-refractivity contribution is -0.137. The van der Waals surface area contributed by atoms with Gasteiger partial charge in [-0.3, -0.25) is 0 Å². The number of hydrogen-bond acceptors (Lipinski definition) is 3. The molecule has 1 aliphatic carbocycles. The zero-order chi connectivity index (χ0) is 13.3. The van der Waals surface area contributed by atoms with E-state index in [1.54, 1.807) is 0 Å². The highest BCUT2D eigenvalue weighted by Crippen LogP contribution is 2.33. The molecule has 0 saturated heterocycles. The Bertz CT molecular complexity index is 433. The van der Waals surface area contributed by atoms with E-state index < -0.39 is 11.7 Å². The Morgan fingerprint density at radius 3 is 2.61 bits per heavy atom. The van der Waals surface area contributed by atoms with Gasteiger partial charge in [-0.25, -0.2) is 4.98 Å². The van der Waals surface area contributed by atoms with Crippen molar-refractivity contribution in [1.29, 1.82) is 0 Å². The third-order valence-electron chi connectivity index (χ3n) is 2.94. The second kappa shape index (κ2) is 4.93. The lowest BCUT2D eigenvalue weighted by Crippen LogP contribution is -2.33. The van der Waals surface area contributed by atoms with Gasteiger partial charge in [0.2, 0.25) is 0 Å². The van der Waals surface area contributed by atoms with Crippen LogP contribution in [0.3, 0.4) is 0 Å². The van der Waals surface area contributed by atoms with E-state index in [9.17, 15) is 13.2 Å². The fraction of sp³-hybridized carbons (Fsp3) is 0.545. The van der Waals surface area contributed by atoms with Crippen LogP contribution in [0.15, 0.2) is 12.3 Å². The summed E-state index contributed by atoms with van der Waals surface area (Å²) in [4.78, 5) is 3.67. The number of aliphatic hydroxyl groups is 1. The van der Waals surface area contributed by atoms with Crippen LogP contribution < -0.4 is 5.32 Å². The summed E-state index contributed by atoms with van der Waals surface area (Å²) in [5.41, 5.74) is -0.864. The van der Waals surface area contributed by atoms with Gasteiger partial charge in [0.15, 0.2) is 0 Å². The first-order valence-electron chi connectivity index (χ1n) is 5.51. The highest BCUT2D eigenvalue weighted by atomic mass is 35.5. The van der Waals surface area contributed by atoms with Crippen LogP contribution in [0.2, 0.25) is 5.02 Å². The number of nitrogens with one attached hydrogen (secondary N) is 1. The van der Waals surface area contributed by atoms with Crippen LogP contribution in [0.1, 0.15) is 18.4 Å². The standard InChI is InChI=1S/C11H12ClF3N2O/c12-9-3-7(11(13,14)15)5-17-10(9)16-4-6-1-8(18)2-6/h3,5-6,8,18H,1-2,4H2,(H,16,17). The molecule has 0 aromatic carbocycles. The first-order valence-corrected chi connectivity index (χ1v) is 5.88. The Balaban J connectivity index is 1.97. The molecule has 0 amide bonds. The van der Waals surface area contributed by atoms with Gasteiger partial charge in [0.05, 0.1) is 16.7 Å². The number of anilines is 1. The average molecular weight is 281 g/mol. The maximum atomic E-state index is 12.4. The van der Waals surface area contributed by atoms with Crippen LogP contribution in [0.25, 0.3) is 0 Å². The van der Waals surface area contributed by atoms with Crippen LogP contribution in [-0.2, 0) is 6.18 Å². The highest BCUT2D eigenvalue weighted by Gasteiger charge is 2.32. The van der Waals surface area contributed by atoms with Crippen molar-refractivity contribution in [2.24, 2.45) is 5.92 Å². The Morgan fingerprint density at radius 1 is 1.44 bits per heavy atom. The summed E-state index contributed by atoms with van der Waals surface area (Å²) in [6, 6.07) is 0.854. The summed E-state index contributed by atoms with van der Waals surface area (Å²) in [7, 11) is 0. The average Bonchev–Trinajstić information content (AvgIpc) is 2.22. The summed E-state index contributed by atoms with van der Waals surface area (Å²) in [6.45, 7) is 0.551. The molecular weight excluding hydrogens is 269 g/mol. The third-order valence-corrected chi connectivity index (χ3v) is 3.23. The van der Waals surface area contributed by atoms with Crippen molar-refractivity contribution in [1.82, 2.24) is 4.98 Å². The maximum absolute atomic E-state index is 12.4. The number of aliphatic hydroxyl groups excluding tert-OH is 1. The topological polar surface area (TPSA) is 45.1 Å². The molecule has 3 nitrogen and oxygen atoms in total. The van der Waals surface area contributed by atoms with Gasteiger partial charge in [0.1, 0.15) is 5.82 Å². The fourth-order valence-electron chi connectivity index (χ4n) is 1.83. The summed E-state index contributed by atoms with van der Waals surface area (Å²) in [5.74, 6) is 0.561. The number of hydrogen-bond donors (Lipinski definition) is 2. The van der Waals surface area contributed by atoms with Crippen molar-refractivity contribution in [3.63, 3.8) is 0 Å². The largest absolute Gasteiger partial charge is 0.417 e. The number of alkyl halides is 3. The molecule has 0 bridgehead atoms. The van der Waals surface area contributed by atoms with E-state index in [2.05, 4.69) is 10.3 Å². The molecule has 1 aromatic rings. The van der Waals surface area contributed by atoms with Crippen LogP contribution in [0.5, 0.6) is 0 Å². The van der Waals surface area contributed by atoms with E-state index in [4.69, 9.17) is 16.7 Å². The van der Waals surface area contributed by atoms with Gasteiger partial charge in [-0.05, 0) is 24.8 Å². The van der Waals surface area contributed by atoms with Gasteiger partial charge < -0.3 is 10.4 Å². The number of rotatable bonds is 3. The third kappa shape index (κ3) is 3.05. The van der Waals surface area contributed by atoms with Crippen molar-refractivity contribution < 1.29 is 18.3 Å². The molecular formula is C11H12ClF3N2O. The van der Waals surface area contributed by atoms with E-state index in [0.717, 1.165) is 12.3 Å². The van der Waals surface area contributed by atoms with Crippen LogP contribution >= 0.6 is 11.6 Å². The predicted octanol–water partition coefficient (Wildman–Crippen LogP) is 2.94. The molecule has 1 heterocycles. The molecule has 100 valence electrons. The fourth-order valence-corrected chi connectivity index (χ4v) is 2.06. The maximum Gasteiger partial charge on any atom is 0.417 e. The van der Waals surface area contributed by atoms with Crippen LogP contribution in [0.4, 0.5) is 19.0 Å². The lowest BCUT2D eigenvalue weighted by atomic mass is 9.82. The van der Waals surface area contributed by atoms with Crippen molar-refractivity contribution in [2.45, 2.75) is 25.1 Å². The number of nitrogens with zero attached hydrogens (tertiary/aromatic N) is 1. The lowest BCUT2D eigenvalue weighted by Gasteiger charge is -2.31. The van der Waals surface area contributed by atoms with E-state index in [1.807, 2.05) is 0 Å². The minimum absolute atomic E-state index is 0.0512. The predicted molar refractivity (Wildman–Crippen MR) is 61.5 cm³/mol. The molecule has 1 saturated carbocycles. The summed E-state index contributed by atoms with van der Waals surface area (Å²) in [5, 5.41) is 11.9. The van der Waals surface area contributed by atoms with Gasteiger partial charge in [-0.2, -0.15) is 13.2 Å². The van der Waals surface area contributed by atoms with E-state index in [1.165, 1.54) is 0 Å². The zero-order valence-electron chi connectivity index (χ0n) is 9.34. The molecule has 0 aliphatic heterocycles. The molecule has 1 aliphatic rings. The summed E-state index contributed by atoms with van der Waals surface area (Å²) >= 11 is 5.73. The monoisotopic (exact) mass is 280 g/mol. The molecule has 1 fully saturated rings. The molecule has 7 heteroatoms. The smallest absolute Gasteiger partial charge is 0.393 e. The Labute approximate surface area is 107 Å². The van der Waals surface area contributed by atoms with E-state index in [0.29, 0.717) is 25.3 Å². The van der Waals surface area contributed by atoms with Gasteiger partial charge in [-0.1, -0.05) is 11.6 Å². The second-order valence-corrected chi connectivity index (χ2v) is 4.83. The molecule has 0 atom stereocenters. The molecule has 2 rings (SSSR count). The van der Waals surface area contributed by atoms with Crippen LogP contribution in [0, 0.1) is 5.92 Å². The van der Waals surface area contributed by atoms with Crippen molar-refractivity contribution in [3.8, 4) is 0 Å². The molecule has 1 aromatic heterocycles. The molecule has 0 radical (unpaired) electrons. The quantitative estimate of drug-likeness (QED) is 0.895. The summed E-state index contributed by atoms with van der Waals surface area (Å²) in [6.07, 6.45) is -2.54. The van der Waals surface area contributed by atoms with E-state index >= 15 is 0 Å². The Morgan fingerprint density at radius 2 is 2.11 bits per heavy atom.